The highest BCUT2D eigenvalue weighted by Crippen LogP contribution is 2.43. The first-order valence-electron chi connectivity index (χ1n) is 5.79. The van der Waals surface area contributed by atoms with Crippen molar-refractivity contribution in [1.29, 1.82) is 0 Å². The van der Waals surface area contributed by atoms with Crippen LogP contribution in [0, 0.1) is 13.8 Å². The van der Waals surface area contributed by atoms with Gasteiger partial charge in [0.25, 0.3) is 0 Å². The predicted octanol–water partition coefficient (Wildman–Crippen LogP) is 3.44. The van der Waals surface area contributed by atoms with E-state index in [0.717, 1.165) is 16.7 Å². The molecule has 0 atom stereocenters. The lowest BCUT2D eigenvalue weighted by Crippen LogP contribution is -1.95. The van der Waals surface area contributed by atoms with Crippen molar-refractivity contribution in [2.75, 3.05) is 0 Å². The van der Waals surface area contributed by atoms with Crippen LogP contribution in [0.15, 0.2) is 42.5 Å². The van der Waals surface area contributed by atoms with Crippen molar-refractivity contribution in [1.82, 2.24) is 0 Å². The maximum absolute atomic E-state index is 11.0. The van der Waals surface area contributed by atoms with Crippen LogP contribution in [0.5, 0.6) is 5.75 Å². The lowest BCUT2D eigenvalue weighted by molar-refractivity contribution is 0.283. The molecular weight excluding hydrogens is 263 g/mol. The molecule has 0 spiro atoms. The molecule has 0 unspecified atom stereocenters. The molecule has 0 aliphatic heterocycles. The molecule has 0 saturated heterocycles. The van der Waals surface area contributed by atoms with E-state index < -0.39 is 7.82 Å². The predicted molar refractivity (Wildman–Crippen MR) is 74.0 cm³/mol. The van der Waals surface area contributed by atoms with Crippen LogP contribution in [-0.2, 0) is 4.57 Å². The quantitative estimate of drug-likeness (QED) is 0.844. The van der Waals surface area contributed by atoms with Crippen molar-refractivity contribution >= 4 is 7.82 Å². The SMILES string of the molecule is Cc1cccc(C)c1-c1ccccc1OP(=O)(O)O. The van der Waals surface area contributed by atoms with Gasteiger partial charge in [0.2, 0.25) is 0 Å². The van der Waals surface area contributed by atoms with Crippen LogP contribution in [0.1, 0.15) is 11.1 Å². The van der Waals surface area contributed by atoms with Crippen LogP contribution in [0.2, 0.25) is 0 Å². The van der Waals surface area contributed by atoms with E-state index in [1.165, 1.54) is 0 Å². The van der Waals surface area contributed by atoms with Gasteiger partial charge in [0.1, 0.15) is 5.75 Å². The van der Waals surface area contributed by atoms with Crippen molar-refractivity contribution in [3.05, 3.63) is 53.6 Å². The Balaban J connectivity index is 2.60. The Morgan fingerprint density at radius 1 is 0.947 bits per heavy atom. The fourth-order valence-electron chi connectivity index (χ4n) is 2.12. The number of phosphoric acid groups is 1. The summed E-state index contributed by atoms with van der Waals surface area (Å²) in [5, 5.41) is 0. The number of para-hydroxylation sites is 1. The average molecular weight is 278 g/mol. The Hall–Kier alpha value is -1.61. The number of rotatable bonds is 3. The van der Waals surface area contributed by atoms with Gasteiger partial charge >= 0.3 is 7.82 Å². The number of phosphoric ester groups is 1. The standard InChI is InChI=1S/C14H15O4P/c1-10-6-5-7-11(2)14(10)12-8-3-4-9-13(12)18-19(15,16)17/h3-9H,1-2H3,(H2,15,16,17). The molecule has 0 amide bonds. The average Bonchev–Trinajstić information content (AvgIpc) is 2.29. The molecular formula is C14H15O4P. The Bertz CT molecular complexity index is 625. The maximum atomic E-state index is 11.0. The molecule has 4 nitrogen and oxygen atoms in total. The second-order valence-electron chi connectivity index (χ2n) is 4.34. The molecule has 0 aliphatic carbocycles. The summed E-state index contributed by atoms with van der Waals surface area (Å²) in [6.07, 6.45) is 0. The third-order valence-electron chi connectivity index (χ3n) is 2.85. The molecule has 0 aromatic heterocycles. The molecule has 0 fully saturated rings. The zero-order chi connectivity index (χ0) is 14.0. The van der Waals surface area contributed by atoms with Crippen molar-refractivity contribution in [3.8, 4) is 16.9 Å². The molecule has 2 aromatic rings. The van der Waals surface area contributed by atoms with E-state index >= 15 is 0 Å². The first kappa shape index (κ1) is 13.8. The van der Waals surface area contributed by atoms with E-state index in [-0.39, 0.29) is 5.75 Å². The maximum Gasteiger partial charge on any atom is 0.524 e. The van der Waals surface area contributed by atoms with E-state index in [4.69, 9.17) is 14.3 Å². The van der Waals surface area contributed by atoms with Gasteiger partial charge in [-0.1, -0.05) is 36.4 Å². The van der Waals surface area contributed by atoms with Gasteiger partial charge in [-0.2, -0.15) is 0 Å². The molecule has 0 bridgehead atoms. The van der Waals surface area contributed by atoms with Gasteiger partial charge in [-0.3, -0.25) is 9.79 Å². The van der Waals surface area contributed by atoms with E-state index in [1.54, 1.807) is 18.2 Å². The van der Waals surface area contributed by atoms with Crippen molar-refractivity contribution in [2.24, 2.45) is 0 Å². The van der Waals surface area contributed by atoms with Crippen LogP contribution in [0.3, 0.4) is 0 Å². The van der Waals surface area contributed by atoms with Gasteiger partial charge in [-0.25, -0.2) is 4.57 Å². The van der Waals surface area contributed by atoms with E-state index in [9.17, 15) is 4.57 Å². The zero-order valence-corrected chi connectivity index (χ0v) is 11.6. The molecule has 5 heteroatoms. The molecule has 2 aromatic carbocycles. The van der Waals surface area contributed by atoms with Gasteiger partial charge in [-0.15, -0.1) is 0 Å². The summed E-state index contributed by atoms with van der Waals surface area (Å²) >= 11 is 0. The number of hydrogen-bond donors (Lipinski definition) is 2. The van der Waals surface area contributed by atoms with Crippen LogP contribution < -0.4 is 4.52 Å². The van der Waals surface area contributed by atoms with Crippen molar-refractivity contribution in [2.45, 2.75) is 13.8 Å². The van der Waals surface area contributed by atoms with E-state index in [0.29, 0.717) is 5.56 Å². The first-order chi connectivity index (χ1) is 8.88. The van der Waals surface area contributed by atoms with Crippen LogP contribution in [0.4, 0.5) is 0 Å². The third-order valence-corrected chi connectivity index (χ3v) is 3.29. The topological polar surface area (TPSA) is 66.8 Å². The minimum Gasteiger partial charge on any atom is -0.404 e. The normalized spacial score (nSPS) is 11.4. The zero-order valence-electron chi connectivity index (χ0n) is 10.7. The van der Waals surface area contributed by atoms with Crippen LogP contribution >= 0.6 is 7.82 Å². The summed E-state index contributed by atoms with van der Waals surface area (Å²) in [6.45, 7) is 3.91. The minimum atomic E-state index is -4.57. The number of aryl methyl sites for hydroxylation is 2. The molecule has 0 heterocycles. The van der Waals surface area contributed by atoms with Crippen molar-refractivity contribution < 1.29 is 18.9 Å². The second-order valence-corrected chi connectivity index (χ2v) is 5.51. The summed E-state index contributed by atoms with van der Waals surface area (Å²) in [7, 11) is -4.57. The highest BCUT2D eigenvalue weighted by atomic mass is 31.2. The highest BCUT2D eigenvalue weighted by Gasteiger charge is 2.19. The lowest BCUT2D eigenvalue weighted by atomic mass is 9.95. The van der Waals surface area contributed by atoms with Gasteiger partial charge in [0.05, 0.1) is 0 Å². The summed E-state index contributed by atoms with van der Waals surface area (Å²) in [4.78, 5) is 17.9. The van der Waals surface area contributed by atoms with Crippen LogP contribution in [0.25, 0.3) is 11.1 Å². The summed E-state index contributed by atoms with van der Waals surface area (Å²) in [6, 6.07) is 12.7. The highest BCUT2D eigenvalue weighted by molar-refractivity contribution is 7.46. The molecule has 0 radical (unpaired) electrons. The fourth-order valence-corrected chi connectivity index (χ4v) is 2.54. The minimum absolute atomic E-state index is 0.188. The molecule has 100 valence electrons. The van der Waals surface area contributed by atoms with Gasteiger partial charge in [0.15, 0.2) is 0 Å². The molecule has 19 heavy (non-hydrogen) atoms. The summed E-state index contributed by atoms with van der Waals surface area (Å²) < 4.78 is 15.8. The molecule has 2 N–H and O–H groups in total. The van der Waals surface area contributed by atoms with Crippen LogP contribution in [-0.4, -0.2) is 9.79 Å². The second kappa shape index (κ2) is 5.17. The van der Waals surface area contributed by atoms with E-state index in [2.05, 4.69) is 0 Å². The fraction of sp³-hybridized carbons (Fsp3) is 0.143. The first-order valence-corrected chi connectivity index (χ1v) is 7.32. The molecule has 0 saturated carbocycles. The number of benzene rings is 2. The molecule has 0 aliphatic rings. The largest absolute Gasteiger partial charge is 0.524 e. The molecule has 2 rings (SSSR count). The lowest BCUT2D eigenvalue weighted by Gasteiger charge is -2.15. The van der Waals surface area contributed by atoms with Gasteiger partial charge < -0.3 is 4.52 Å². The van der Waals surface area contributed by atoms with Crippen molar-refractivity contribution in [3.63, 3.8) is 0 Å². The third kappa shape index (κ3) is 3.24. The Kier molecular flexibility index (Phi) is 3.76. The Labute approximate surface area is 111 Å². The Morgan fingerprint density at radius 3 is 2.11 bits per heavy atom. The van der Waals surface area contributed by atoms with E-state index in [1.807, 2.05) is 38.1 Å². The number of hydrogen-bond acceptors (Lipinski definition) is 2. The summed E-state index contributed by atoms with van der Waals surface area (Å²) in [5.74, 6) is 0.188. The summed E-state index contributed by atoms with van der Waals surface area (Å²) in [5.41, 5.74) is 3.68. The smallest absolute Gasteiger partial charge is 0.404 e. The van der Waals surface area contributed by atoms with Gasteiger partial charge in [-0.05, 0) is 36.6 Å². The van der Waals surface area contributed by atoms with Gasteiger partial charge in [0, 0.05) is 5.56 Å². The Morgan fingerprint density at radius 2 is 1.53 bits per heavy atom. The monoisotopic (exact) mass is 278 g/mol.